The number of nitrogens with zero attached hydrogens (tertiary/aromatic N) is 1. The first-order valence-electron chi connectivity index (χ1n) is 11.4. The van der Waals surface area contributed by atoms with E-state index in [1.807, 2.05) is 0 Å². The van der Waals surface area contributed by atoms with Crippen LogP contribution in [0.4, 0.5) is 11.4 Å². The van der Waals surface area contributed by atoms with E-state index in [2.05, 4.69) is 17.0 Å². The first kappa shape index (κ1) is 24.1. The minimum absolute atomic E-state index is 0.126. The minimum atomic E-state index is -0.756. The highest BCUT2D eigenvalue weighted by Crippen LogP contribution is 2.42. The topological polar surface area (TPSA) is 119 Å². The predicted molar refractivity (Wildman–Crippen MR) is 126 cm³/mol. The Balaban J connectivity index is 1.37. The molecule has 3 atom stereocenters. The van der Waals surface area contributed by atoms with Gasteiger partial charge in [0.25, 0.3) is 5.91 Å². The average molecular weight is 479 g/mol. The van der Waals surface area contributed by atoms with Crippen LogP contribution in [-0.2, 0) is 23.9 Å². The summed E-state index contributed by atoms with van der Waals surface area (Å²) in [6.07, 6.45) is 2.29. The van der Waals surface area contributed by atoms with Crippen molar-refractivity contribution >= 4 is 41.0 Å². The molecule has 1 aliphatic heterocycles. The van der Waals surface area contributed by atoms with Gasteiger partial charge in [0.2, 0.25) is 11.8 Å². The van der Waals surface area contributed by atoms with E-state index >= 15 is 0 Å². The summed E-state index contributed by atoms with van der Waals surface area (Å²) in [4.78, 5) is 63.2. The van der Waals surface area contributed by atoms with Crippen molar-refractivity contribution in [3.05, 3.63) is 59.7 Å². The van der Waals surface area contributed by atoms with Gasteiger partial charge in [-0.05, 0) is 67.6 Å². The number of fused-ring (bicyclic) bond motifs is 1. The molecule has 0 unspecified atom stereocenters. The highest BCUT2D eigenvalue weighted by molar-refractivity contribution is 6.22. The number of hydrogen-bond acceptors (Lipinski definition) is 7. The van der Waals surface area contributed by atoms with Gasteiger partial charge in [-0.15, -0.1) is 0 Å². The summed E-state index contributed by atoms with van der Waals surface area (Å²) in [5.74, 6) is -2.50. The second-order valence-corrected chi connectivity index (χ2v) is 8.89. The van der Waals surface area contributed by atoms with Crippen LogP contribution in [0.2, 0.25) is 0 Å². The molecule has 1 N–H and O–H groups in total. The van der Waals surface area contributed by atoms with E-state index in [-0.39, 0.29) is 29.2 Å². The molecule has 2 aromatic carbocycles. The van der Waals surface area contributed by atoms with Gasteiger partial charge in [-0.25, -0.2) is 9.59 Å². The number of methoxy groups -OCH3 is 1. The van der Waals surface area contributed by atoms with Crippen molar-refractivity contribution in [3.8, 4) is 0 Å². The third kappa shape index (κ3) is 5.08. The summed E-state index contributed by atoms with van der Waals surface area (Å²) in [6.45, 7) is 1.55. The number of anilines is 2. The summed E-state index contributed by atoms with van der Waals surface area (Å²) < 4.78 is 9.73. The second kappa shape index (κ2) is 10.1. The molecule has 2 aromatic rings. The Morgan fingerprint density at radius 3 is 2.37 bits per heavy atom. The summed E-state index contributed by atoms with van der Waals surface area (Å²) in [5.41, 5.74) is 1.20. The van der Waals surface area contributed by atoms with Gasteiger partial charge in [0.1, 0.15) is 0 Å². The Morgan fingerprint density at radius 2 is 1.66 bits per heavy atom. The Kier molecular flexibility index (Phi) is 6.95. The quantitative estimate of drug-likeness (QED) is 0.500. The Labute approximate surface area is 202 Å². The number of amides is 3. The predicted octanol–water partition coefficient (Wildman–Crippen LogP) is 3.19. The van der Waals surface area contributed by atoms with Crippen molar-refractivity contribution in [2.24, 2.45) is 17.8 Å². The standard InChI is InChI=1S/C26H26N2O7/c1-15-6-11-20-21(12-15)24(31)28(23(20)30)19-5-3-4-17(13-19)26(33)35-14-22(29)27-18-9-7-16(8-10-18)25(32)34-2/h3-5,7-10,13,15,20-21H,6,11-12,14H2,1-2H3,(H,27,29)/t15-,20-,21+/m1/s1. The first-order chi connectivity index (χ1) is 16.8. The van der Waals surface area contributed by atoms with Crippen LogP contribution in [0.1, 0.15) is 46.9 Å². The molecule has 9 heteroatoms. The second-order valence-electron chi connectivity index (χ2n) is 8.89. The van der Waals surface area contributed by atoms with E-state index in [9.17, 15) is 24.0 Å². The molecule has 0 spiro atoms. The fourth-order valence-electron chi connectivity index (χ4n) is 4.64. The Bertz CT molecular complexity index is 1170. The van der Waals surface area contributed by atoms with Gasteiger partial charge < -0.3 is 14.8 Å². The Hall–Kier alpha value is -4.01. The number of nitrogens with one attached hydrogen (secondary N) is 1. The van der Waals surface area contributed by atoms with Crippen molar-refractivity contribution < 1.29 is 33.4 Å². The van der Waals surface area contributed by atoms with Crippen molar-refractivity contribution in [1.29, 1.82) is 0 Å². The van der Waals surface area contributed by atoms with Gasteiger partial charge in [-0.3, -0.25) is 19.3 Å². The van der Waals surface area contributed by atoms with Gasteiger partial charge >= 0.3 is 11.9 Å². The highest BCUT2D eigenvalue weighted by Gasteiger charge is 2.50. The lowest BCUT2D eigenvalue weighted by Gasteiger charge is -2.25. The monoisotopic (exact) mass is 478 g/mol. The molecule has 0 radical (unpaired) electrons. The lowest BCUT2D eigenvalue weighted by molar-refractivity contribution is -0.122. The zero-order valence-corrected chi connectivity index (χ0v) is 19.5. The van der Waals surface area contributed by atoms with E-state index in [4.69, 9.17) is 4.74 Å². The van der Waals surface area contributed by atoms with Crippen LogP contribution in [0.25, 0.3) is 0 Å². The van der Waals surface area contributed by atoms with Gasteiger partial charge in [0.15, 0.2) is 6.61 Å². The van der Waals surface area contributed by atoms with Crippen molar-refractivity contribution in [3.63, 3.8) is 0 Å². The molecule has 1 saturated carbocycles. The highest BCUT2D eigenvalue weighted by atomic mass is 16.5. The van der Waals surface area contributed by atoms with Gasteiger partial charge in [0, 0.05) is 5.69 Å². The molecular weight excluding hydrogens is 452 g/mol. The molecular formula is C26H26N2O7. The van der Waals surface area contributed by atoms with E-state index in [0.29, 0.717) is 35.7 Å². The van der Waals surface area contributed by atoms with Crippen LogP contribution < -0.4 is 10.2 Å². The maximum absolute atomic E-state index is 13.0. The van der Waals surface area contributed by atoms with Gasteiger partial charge in [-0.1, -0.05) is 13.0 Å². The minimum Gasteiger partial charge on any atom is -0.465 e. The molecule has 0 aromatic heterocycles. The van der Waals surface area contributed by atoms with Crippen molar-refractivity contribution in [2.75, 3.05) is 23.9 Å². The fraction of sp³-hybridized carbons (Fsp3) is 0.346. The van der Waals surface area contributed by atoms with Crippen molar-refractivity contribution in [2.45, 2.75) is 26.2 Å². The SMILES string of the molecule is COC(=O)c1ccc(NC(=O)COC(=O)c2cccc(N3C(=O)[C@H]4C[C@H](C)CC[C@H]4C3=O)c2)cc1. The number of carbonyl (C=O) groups excluding carboxylic acids is 5. The third-order valence-electron chi connectivity index (χ3n) is 6.45. The lowest BCUT2D eigenvalue weighted by atomic mass is 9.76. The molecule has 182 valence electrons. The normalized spacial score (nSPS) is 21.3. The van der Waals surface area contributed by atoms with E-state index < -0.39 is 24.5 Å². The molecule has 2 fully saturated rings. The number of imide groups is 1. The van der Waals surface area contributed by atoms with Gasteiger partial charge in [-0.2, -0.15) is 0 Å². The zero-order chi connectivity index (χ0) is 25.1. The number of ether oxygens (including phenoxy) is 2. The molecule has 3 amide bonds. The van der Waals surface area contributed by atoms with Crippen LogP contribution in [-0.4, -0.2) is 43.4 Å². The fourth-order valence-corrected chi connectivity index (χ4v) is 4.64. The van der Waals surface area contributed by atoms with E-state index in [0.717, 1.165) is 6.42 Å². The zero-order valence-electron chi connectivity index (χ0n) is 19.5. The average Bonchev–Trinajstić information content (AvgIpc) is 3.11. The number of rotatable bonds is 6. The van der Waals surface area contributed by atoms with Crippen LogP contribution in [0, 0.1) is 17.8 Å². The first-order valence-corrected chi connectivity index (χ1v) is 11.4. The Morgan fingerprint density at radius 1 is 0.943 bits per heavy atom. The van der Waals surface area contributed by atoms with Crippen LogP contribution in [0.5, 0.6) is 0 Å². The molecule has 9 nitrogen and oxygen atoms in total. The number of carbonyl (C=O) groups is 5. The summed E-state index contributed by atoms with van der Waals surface area (Å²) >= 11 is 0. The summed E-state index contributed by atoms with van der Waals surface area (Å²) in [5, 5.41) is 2.57. The molecule has 1 saturated heterocycles. The largest absolute Gasteiger partial charge is 0.465 e. The smallest absolute Gasteiger partial charge is 0.338 e. The van der Waals surface area contributed by atoms with Crippen LogP contribution >= 0.6 is 0 Å². The number of esters is 2. The maximum atomic E-state index is 13.0. The number of hydrogen-bond donors (Lipinski definition) is 1. The molecule has 1 aliphatic carbocycles. The van der Waals surface area contributed by atoms with Crippen molar-refractivity contribution in [1.82, 2.24) is 0 Å². The van der Waals surface area contributed by atoms with Crippen LogP contribution in [0.3, 0.4) is 0 Å². The van der Waals surface area contributed by atoms with E-state index in [1.54, 1.807) is 12.1 Å². The van der Waals surface area contributed by atoms with Crippen LogP contribution in [0.15, 0.2) is 48.5 Å². The van der Waals surface area contributed by atoms with E-state index in [1.165, 1.54) is 48.4 Å². The maximum Gasteiger partial charge on any atom is 0.338 e. The molecule has 1 heterocycles. The lowest BCUT2D eigenvalue weighted by Crippen LogP contribution is -2.31. The third-order valence-corrected chi connectivity index (χ3v) is 6.45. The summed E-state index contributed by atoms with van der Waals surface area (Å²) in [7, 11) is 1.27. The molecule has 4 rings (SSSR count). The van der Waals surface area contributed by atoms with Gasteiger partial charge in [0.05, 0.1) is 35.8 Å². The number of benzene rings is 2. The molecule has 35 heavy (non-hydrogen) atoms. The summed E-state index contributed by atoms with van der Waals surface area (Å²) in [6, 6.07) is 12.2. The molecule has 0 bridgehead atoms. The molecule has 2 aliphatic rings.